The maximum absolute atomic E-state index is 6.76. The maximum atomic E-state index is 6.76. The van der Waals surface area contributed by atoms with Crippen LogP contribution in [0.5, 0.6) is 0 Å². The average molecular weight is 110 g/mol. The summed E-state index contributed by atoms with van der Waals surface area (Å²) in [5.74, 6) is 0. The fourth-order valence-corrected chi connectivity index (χ4v) is 0.361. The Kier molecular flexibility index (Phi) is 2.62. The zero-order valence-electron chi connectivity index (χ0n) is 4.94. The van der Waals surface area contributed by atoms with E-state index in [2.05, 4.69) is 6.58 Å². The Hall–Kier alpha value is -1.05. The van der Waals surface area contributed by atoms with Crippen LogP contribution >= 0.6 is 0 Å². The van der Waals surface area contributed by atoms with E-state index < -0.39 is 0 Å². The lowest BCUT2D eigenvalue weighted by atomic mass is 10.2. The van der Waals surface area contributed by atoms with Crippen molar-refractivity contribution < 1.29 is 0 Å². The van der Waals surface area contributed by atoms with Gasteiger partial charge in [0, 0.05) is 17.5 Å². The van der Waals surface area contributed by atoms with E-state index in [0.717, 1.165) is 0 Å². The topological polar surface area (TPSA) is 49.9 Å². The number of nitrogens with one attached hydrogen (secondary N) is 1. The summed E-state index contributed by atoms with van der Waals surface area (Å²) in [6.45, 7) is 5.27. The zero-order chi connectivity index (χ0) is 6.57. The first kappa shape index (κ1) is 6.95. The standard InChI is InChI=1S/C6H10N2/c1-3-6(4-7)5(2)8/h3-4,7H,2,8H2,1H3/b6-3-,7-4?. The van der Waals surface area contributed by atoms with Crippen LogP contribution in [-0.4, -0.2) is 6.21 Å². The smallest absolute Gasteiger partial charge is 0.0326 e. The van der Waals surface area contributed by atoms with E-state index in [4.69, 9.17) is 11.1 Å². The number of rotatable bonds is 2. The first-order valence-electron chi connectivity index (χ1n) is 2.34. The molecule has 0 amide bonds. The van der Waals surface area contributed by atoms with Crippen LogP contribution in [0.1, 0.15) is 6.92 Å². The van der Waals surface area contributed by atoms with Gasteiger partial charge in [0.15, 0.2) is 0 Å². The van der Waals surface area contributed by atoms with Gasteiger partial charge in [0.1, 0.15) is 0 Å². The first-order chi connectivity index (χ1) is 3.72. The predicted molar refractivity (Wildman–Crippen MR) is 35.9 cm³/mol. The molecule has 3 N–H and O–H groups in total. The van der Waals surface area contributed by atoms with Crippen molar-refractivity contribution in [3.05, 3.63) is 23.9 Å². The van der Waals surface area contributed by atoms with Gasteiger partial charge in [-0.05, 0) is 6.92 Å². The summed E-state index contributed by atoms with van der Waals surface area (Å²) in [4.78, 5) is 0. The highest BCUT2D eigenvalue weighted by molar-refractivity contribution is 5.81. The molecule has 44 valence electrons. The van der Waals surface area contributed by atoms with Gasteiger partial charge in [0.25, 0.3) is 0 Å². The van der Waals surface area contributed by atoms with Crippen LogP contribution in [0, 0.1) is 5.41 Å². The van der Waals surface area contributed by atoms with E-state index in [0.29, 0.717) is 11.3 Å². The molecule has 0 heterocycles. The van der Waals surface area contributed by atoms with Gasteiger partial charge >= 0.3 is 0 Å². The van der Waals surface area contributed by atoms with Gasteiger partial charge in [-0.3, -0.25) is 0 Å². The maximum Gasteiger partial charge on any atom is 0.0326 e. The number of allylic oxidation sites excluding steroid dienone is 2. The fourth-order valence-electron chi connectivity index (χ4n) is 0.361. The van der Waals surface area contributed by atoms with Crippen molar-refractivity contribution in [3.63, 3.8) is 0 Å². The third kappa shape index (κ3) is 1.60. The molecule has 0 saturated heterocycles. The Labute approximate surface area is 49.2 Å². The minimum atomic E-state index is 0.447. The lowest BCUT2D eigenvalue weighted by Gasteiger charge is -1.93. The molecule has 2 nitrogen and oxygen atoms in total. The van der Waals surface area contributed by atoms with Gasteiger partial charge in [-0.15, -0.1) is 0 Å². The predicted octanol–water partition coefficient (Wildman–Crippen LogP) is 1.05. The molecule has 0 spiro atoms. The number of hydrogen-bond donors (Lipinski definition) is 2. The Morgan fingerprint density at radius 2 is 2.25 bits per heavy atom. The van der Waals surface area contributed by atoms with E-state index >= 15 is 0 Å². The normalized spacial score (nSPS) is 10.9. The van der Waals surface area contributed by atoms with Crippen molar-refractivity contribution in [1.29, 1.82) is 5.41 Å². The van der Waals surface area contributed by atoms with Crippen LogP contribution in [0.3, 0.4) is 0 Å². The molecule has 0 aromatic carbocycles. The molecule has 0 saturated carbocycles. The van der Waals surface area contributed by atoms with Crippen LogP contribution in [0.4, 0.5) is 0 Å². The molecule has 0 atom stereocenters. The molecule has 8 heavy (non-hydrogen) atoms. The van der Waals surface area contributed by atoms with E-state index in [1.165, 1.54) is 6.21 Å². The highest BCUT2D eigenvalue weighted by Crippen LogP contribution is 1.94. The Balaban J connectivity index is 4.13. The molecule has 0 fully saturated rings. The molecule has 0 radical (unpaired) electrons. The molecule has 0 rings (SSSR count). The Bertz CT molecular complexity index is 133. The van der Waals surface area contributed by atoms with E-state index in [1.807, 2.05) is 6.92 Å². The van der Waals surface area contributed by atoms with Crippen molar-refractivity contribution in [2.24, 2.45) is 5.73 Å². The number of nitrogens with two attached hydrogens (primary N) is 1. The van der Waals surface area contributed by atoms with Crippen molar-refractivity contribution in [3.8, 4) is 0 Å². The third-order valence-electron chi connectivity index (χ3n) is 0.837. The third-order valence-corrected chi connectivity index (χ3v) is 0.837. The van der Waals surface area contributed by atoms with E-state index in [1.54, 1.807) is 6.08 Å². The van der Waals surface area contributed by atoms with Gasteiger partial charge in [0.2, 0.25) is 0 Å². The molecule has 0 aliphatic carbocycles. The molecule has 0 aromatic heterocycles. The van der Waals surface area contributed by atoms with Gasteiger partial charge in [0.05, 0.1) is 0 Å². The van der Waals surface area contributed by atoms with E-state index in [-0.39, 0.29) is 0 Å². The van der Waals surface area contributed by atoms with Gasteiger partial charge in [-0.25, -0.2) is 0 Å². The van der Waals surface area contributed by atoms with Crippen molar-refractivity contribution in [2.75, 3.05) is 0 Å². The fraction of sp³-hybridized carbons (Fsp3) is 0.167. The molecule has 0 aromatic rings. The Morgan fingerprint density at radius 3 is 2.25 bits per heavy atom. The lowest BCUT2D eigenvalue weighted by Crippen LogP contribution is -1.98. The summed E-state index contributed by atoms with van der Waals surface area (Å²) in [5.41, 5.74) is 6.38. The molecular formula is C6H10N2. The minimum Gasteiger partial charge on any atom is -0.399 e. The SMILES string of the molecule is C=C(N)/C(C=N)=C\C. The molecule has 0 aliphatic rings. The summed E-state index contributed by atoms with van der Waals surface area (Å²) in [6.07, 6.45) is 2.93. The summed E-state index contributed by atoms with van der Waals surface area (Å²) in [6, 6.07) is 0. The largest absolute Gasteiger partial charge is 0.399 e. The summed E-state index contributed by atoms with van der Waals surface area (Å²) < 4.78 is 0. The molecule has 0 bridgehead atoms. The summed E-state index contributed by atoms with van der Waals surface area (Å²) in [5, 5.41) is 6.76. The van der Waals surface area contributed by atoms with Crippen LogP contribution in [0.25, 0.3) is 0 Å². The van der Waals surface area contributed by atoms with Crippen LogP contribution < -0.4 is 5.73 Å². The van der Waals surface area contributed by atoms with Gasteiger partial charge in [-0.1, -0.05) is 12.7 Å². The van der Waals surface area contributed by atoms with Crippen LogP contribution in [-0.2, 0) is 0 Å². The van der Waals surface area contributed by atoms with Crippen molar-refractivity contribution in [2.45, 2.75) is 6.92 Å². The molecule has 2 heteroatoms. The minimum absolute atomic E-state index is 0.447. The zero-order valence-corrected chi connectivity index (χ0v) is 4.94. The average Bonchev–Trinajstić information content (AvgIpc) is 1.69. The van der Waals surface area contributed by atoms with Crippen LogP contribution in [0.15, 0.2) is 23.9 Å². The van der Waals surface area contributed by atoms with Gasteiger partial charge in [-0.2, -0.15) is 0 Å². The first-order valence-corrected chi connectivity index (χ1v) is 2.34. The van der Waals surface area contributed by atoms with Crippen LogP contribution in [0.2, 0.25) is 0 Å². The number of hydrogen-bond acceptors (Lipinski definition) is 2. The molecular weight excluding hydrogens is 100 g/mol. The second-order valence-corrected chi connectivity index (χ2v) is 1.41. The lowest BCUT2D eigenvalue weighted by molar-refractivity contribution is 1.38. The molecule has 0 aliphatic heterocycles. The highest BCUT2D eigenvalue weighted by Gasteiger charge is 1.87. The summed E-state index contributed by atoms with van der Waals surface area (Å²) >= 11 is 0. The van der Waals surface area contributed by atoms with Crippen molar-refractivity contribution in [1.82, 2.24) is 0 Å². The second-order valence-electron chi connectivity index (χ2n) is 1.41. The monoisotopic (exact) mass is 110 g/mol. The summed E-state index contributed by atoms with van der Waals surface area (Å²) in [7, 11) is 0. The van der Waals surface area contributed by atoms with E-state index in [9.17, 15) is 0 Å². The second kappa shape index (κ2) is 3.02. The molecule has 0 unspecified atom stereocenters. The highest BCUT2D eigenvalue weighted by atomic mass is 14.6. The van der Waals surface area contributed by atoms with Gasteiger partial charge < -0.3 is 11.1 Å². The van der Waals surface area contributed by atoms with Crippen molar-refractivity contribution >= 4 is 6.21 Å². The quantitative estimate of drug-likeness (QED) is 0.405. The Morgan fingerprint density at radius 1 is 1.75 bits per heavy atom.